The van der Waals surface area contributed by atoms with Gasteiger partial charge in [0.1, 0.15) is 5.67 Å². The van der Waals surface area contributed by atoms with Gasteiger partial charge in [0.2, 0.25) is 0 Å². The minimum atomic E-state index is -0.946. The highest BCUT2D eigenvalue weighted by Gasteiger charge is 2.25. The van der Waals surface area contributed by atoms with Gasteiger partial charge in [-0.1, -0.05) is 39.3 Å². The average Bonchev–Trinajstić information content (AvgIpc) is 2.47. The van der Waals surface area contributed by atoms with Crippen molar-refractivity contribution in [3.8, 4) is 0 Å². The van der Waals surface area contributed by atoms with Gasteiger partial charge in [0.05, 0.1) is 6.10 Å². The van der Waals surface area contributed by atoms with Gasteiger partial charge >= 0.3 is 0 Å². The zero-order valence-electron chi connectivity index (χ0n) is 14.3. The van der Waals surface area contributed by atoms with Gasteiger partial charge in [-0.3, -0.25) is 0 Å². The molecule has 2 aliphatic rings. The molecule has 1 aliphatic carbocycles. The molecule has 0 radical (unpaired) electrons. The van der Waals surface area contributed by atoms with Crippen LogP contribution < -0.4 is 0 Å². The van der Waals surface area contributed by atoms with Crippen LogP contribution in [0.1, 0.15) is 73.6 Å². The highest BCUT2D eigenvalue weighted by atomic mass is 19.1. The van der Waals surface area contributed by atoms with E-state index in [-0.39, 0.29) is 6.10 Å². The molecular weight excluding hydrogens is 255 g/mol. The Balaban J connectivity index is 0. The van der Waals surface area contributed by atoms with Crippen molar-refractivity contribution in [2.24, 2.45) is 0 Å². The smallest absolute Gasteiger partial charge is 0.112 e. The molecule has 2 nitrogen and oxygen atoms in total. The molecule has 0 bridgehead atoms. The van der Waals surface area contributed by atoms with Gasteiger partial charge in [0.15, 0.2) is 0 Å². The first-order valence-electron chi connectivity index (χ1n) is 8.10. The third kappa shape index (κ3) is 12.6. The molecule has 1 saturated heterocycles. The summed E-state index contributed by atoms with van der Waals surface area (Å²) in [6, 6.07) is 0. The highest BCUT2D eigenvalue weighted by Crippen LogP contribution is 2.23. The second-order valence-corrected chi connectivity index (χ2v) is 5.00. The summed E-state index contributed by atoms with van der Waals surface area (Å²) >= 11 is 0. The van der Waals surface area contributed by atoms with Crippen LogP contribution in [-0.4, -0.2) is 30.1 Å². The molecule has 0 amide bonds. The van der Waals surface area contributed by atoms with E-state index in [0.717, 1.165) is 19.3 Å². The predicted octanol–water partition coefficient (Wildman–Crippen LogP) is 5.05. The van der Waals surface area contributed by atoms with Crippen molar-refractivity contribution in [1.29, 1.82) is 0 Å². The minimum Gasteiger partial charge on any atom is -0.393 e. The lowest BCUT2D eigenvalue weighted by atomic mass is 9.99. The van der Waals surface area contributed by atoms with Crippen molar-refractivity contribution in [2.45, 2.75) is 85.4 Å². The molecule has 0 spiro atoms. The molecular formula is C17H35FO2. The van der Waals surface area contributed by atoms with E-state index in [1.54, 1.807) is 6.92 Å². The average molecular weight is 290 g/mol. The number of halogens is 1. The Labute approximate surface area is 125 Å². The topological polar surface area (TPSA) is 29.5 Å². The Morgan fingerprint density at radius 3 is 1.95 bits per heavy atom. The van der Waals surface area contributed by atoms with Crippen LogP contribution in [0.25, 0.3) is 0 Å². The van der Waals surface area contributed by atoms with Gasteiger partial charge in [-0.15, -0.1) is 0 Å². The van der Waals surface area contributed by atoms with Gasteiger partial charge < -0.3 is 9.84 Å². The first-order valence-corrected chi connectivity index (χ1v) is 8.10. The summed E-state index contributed by atoms with van der Waals surface area (Å²) in [7, 11) is 0. The van der Waals surface area contributed by atoms with Gasteiger partial charge in [-0.2, -0.15) is 0 Å². The van der Waals surface area contributed by atoms with E-state index >= 15 is 0 Å². The first-order chi connectivity index (χ1) is 9.49. The zero-order valence-corrected chi connectivity index (χ0v) is 14.3. The van der Waals surface area contributed by atoms with Crippen LogP contribution >= 0.6 is 0 Å². The van der Waals surface area contributed by atoms with Gasteiger partial charge in [0, 0.05) is 26.1 Å². The fourth-order valence-corrected chi connectivity index (χ4v) is 1.75. The normalized spacial score (nSPS) is 23.6. The Morgan fingerprint density at radius 2 is 1.70 bits per heavy atom. The maximum Gasteiger partial charge on any atom is 0.112 e. The van der Waals surface area contributed by atoms with Crippen LogP contribution in [0.4, 0.5) is 4.39 Å². The van der Waals surface area contributed by atoms with E-state index in [2.05, 4.69) is 13.0 Å². The summed E-state index contributed by atoms with van der Waals surface area (Å²) in [5.41, 5.74) is 0.480. The van der Waals surface area contributed by atoms with Crippen LogP contribution in [0.15, 0.2) is 11.6 Å². The van der Waals surface area contributed by atoms with E-state index in [4.69, 9.17) is 9.84 Å². The molecule has 1 unspecified atom stereocenters. The van der Waals surface area contributed by atoms with Crippen molar-refractivity contribution in [3.63, 3.8) is 0 Å². The number of hydrogen-bond donors (Lipinski definition) is 1. The van der Waals surface area contributed by atoms with E-state index in [0.29, 0.717) is 26.1 Å². The predicted molar refractivity (Wildman–Crippen MR) is 85.9 cm³/mol. The van der Waals surface area contributed by atoms with Crippen LogP contribution in [0.5, 0.6) is 0 Å². The molecule has 2 rings (SSSR count). The summed E-state index contributed by atoms with van der Waals surface area (Å²) in [4.78, 5) is 0. The number of aliphatic hydroxyl groups excluding tert-OH is 1. The molecule has 0 aromatic rings. The van der Waals surface area contributed by atoms with Crippen LogP contribution in [0, 0.1) is 0 Å². The third-order valence-corrected chi connectivity index (χ3v) is 3.15. The molecule has 1 fully saturated rings. The highest BCUT2D eigenvalue weighted by molar-refractivity contribution is 5.02. The number of aliphatic hydroxyl groups is 1. The summed E-state index contributed by atoms with van der Waals surface area (Å²) in [5, 5.41) is 8.98. The maximum absolute atomic E-state index is 12.8. The Kier molecular flexibility index (Phi) is 14.8. The van der Waals surface area contributed by atoms with Crippen molar-refractivity contribution in [3.05, 3.63) is 11.6 Å². The number of alkyl halides is 1. The van der Waals surface area contributed by atoms with E-state index < -0.39 is 5.67 Å². The summed E-state index contributed by atoms with van der Waals surface area (Å²) in [6.07, 6.45) is 6.10. The molecule has 122 valence electrons. The van der Waals surface area contributed by atoms with Crippen molar-refractivity contribution >= 4 is 0 Å². The Hall–Kier alpha value is -0.410. The van der Waals surface area contributed by atoms with Crippen molar-refractivity contribution in [2.75, 3.05) is 13.2 Å². The molecule has 20 heavy (non-hydrogen) atoms. The van der Waals surface area contributed by atoms with Gasteiger partial charge in [-0.25, -0.2) is 4.39 Å². The Bertz CT molecular complexity index is 229. The van der Waals surface area contributed by atoms with Crippen LogP contribution in [-0.2, 0) is 4.74 Å². The quantitative estimate of drug-likeness (QED) is 0.632. The van der Waals surface area contributed by atoms with E-state index in [9.17, 15) is 4.39 Å². The van der Waals surface area contributed by atoms with Crippen molar-refractivity contribution in [1.82, 2.24) is 0 Å². The van der Waals surface area contributed by atoms with Crippen LogP contribution in [0.3, 0.4) is 0 Å². The minimum absolute atomic E-state index is 0.0568. The summed E-state index contributed by atoms with van der Waals surface area (Å²) in [6.45, 7) is 12.9. The largest absolute Gasteiger partial charge is 0.393 e. The third-order valence-electron chi connectivity index (χ3n) is 3.15. The number of rotatable bonds is 0. The van der Waals surface area contributed by atoms with E-state index in [1.165, 1.54) is 5.57 Å². The second kappa shape index (κ2) is 13.6. The molecule has 0 aromatic heterocycles. The molecule has 0 saturated carbocycles. The molecule has 1 atom stereocenters. The summed E-state index contributed by atoms with van der Waals surface area (Å²) in [5.74, 6) is 0. The lowest BCUT2D eigenvalue weighted by Gasteiger charge is -2.24. The number of allylic oxidation sites excluding steroid dienone is 1. The fourth-order valence-electron chi connectivity index (χ4n) is 1.75. The van der Waals surface area contributed by atoms with Gasteiger partial charge in [0.25, 0.3) is 0 Å². The molecule has 3 heteroatoms. The lowest BCUT2D eigenvalue weighted by molar-refractivity contribution is 0.00200. The second-order valence-electron chi connectivity index (χ2n) is 5.00. The molecule has 1 heterocycles. The zero-order chi connectivity index (χ0) is 16.0. The molecule has 0 aromatic carbocycles. The monoisotopic (exact) mass is 290 g/mol. The summed E-state index contributed by atoms with van der Waals surface area (Å²) < 4.78 is 17.8. The molecule has 1 N–H and O–H groups in total. The number of ether oxygens (including phenoxy) is 1. The van der Waals surface area contributed by atoms with Crippen molar-refractivity contribution < 1.29 is 14.2 Å². The van der Waals surface area contributed by atoms with E-state index in [1.807, 2.05) is 27.7 Å². The maximum atomic E-state index is 12.8. The van der Waals surface area contributed by atoms with Crippen LogP contribution in [0.2, 0.25) is 0 Å². The standard InChI is InChI=1S/C7H12O.C6H11FO.2C2H6/c1-6-2-4-7(8)5-3-6;1-6(7)2-4-8-5-3-6;2*1-2/h2,7-8H,3-5H2,1H3;2-5H2,1H3;2*1-2H3. The number of hydrogen-bond acceptors (Lipinski definition) is 2. The van der Waals surface area contributed by atoms with Gasteiger partial charge in [-0.05, 0) is 33.1 Å². The SMILES string of the molecule is CC.CC.CC1(F)CCOCC1.CC1=CCC(O)CC1. The molecule has 1 aliphatic heterocycles. The Morgan fingerprint density at radius 1 is 1.20 bits per heavy atom. The first kappa shape index (κ1) is 21.9. The lowest BCUT2D eigenvalue weighted by Crippen LogP contribution is -2.27. The fraction of sp³-hybridized carbons (Fsp3) is 0.882.